The Balaban J connectivity index is 1.63. The molecule has 2 aromatic rings. The minimum Gasteiger partial charge on any atom is -0.360 e. The van der Waals surface area contributed by atoms with Crippen molar-refractivity contribution in [3.05, 3.63) is 36.0 Å². The SMILES string of the molecule is CCCNC(=O)N1CCC(C(=O)c2c[nH]c3ccccc23)CC1. The molecule has 1 aliphatic heterocycles. The second-order valence-corrected chi connectivity index (χ2v) is 6.11. The summed E-state index contributed by atoms with van der Waals surface area (Å²) in [5.41, 5.74) is 1.77. The van der Waals surface area contributed by atoms with E-state index in [2.05, 4.69) is 10.3 Å². The number of aromatic amines is 1. The van der Waals surface area contributed by atoms with Crippen LogP contribution in [0.15, 0.2) is 30.5 Å². The molecule has 0 bridgehead atoms. The van der Waals surface area contributed by atoms with E-state index in [4.69, 9.17) is 0 Å². The lowest BCUT2D eigenvalue weighted by Crippen LogP contribution is -2.45. The number of nitrogens with one attached hydrogen (secondary N) is 2. The molecule has 23 heavy (non-hydrogen) atoms. The van der Waals surface area contributed by atoms with Crippen LogP contribution >= 0.6 is 0 Å². The highest BCUT2D eigenvalue weighted by Crippen LogP contribution is 2.26. The molecule has 1 fully saturated rings. The van der Waals surface area contributed by atoms with E-state index in [0.29, 0.717) is 19.6 Å². The molecular weight excluding hydrogens is 290 g/mol. The third-order valence-corrected chi connectivity index (χ3v) is 4.53. The van der Waals surface area contributed by atoms with E-state index in [1.54, 1.807) is 0 Å². The van der Waals surface area contributed by atoms with Gasteiger partial charge in [-0.2, -0.15) is 0 Å². The second-order valence-electron chi connectivity index (χ2n) is 6.11. The first-order valence-electron chi connectivity index (χ1n) is 8.33. The predicted octanol–water partition coefficient (Wildman–Crippen LogP) is 3.18. The second kappa shape index (κ2) is 6.86. The number of rotatable bonds is 4. The van der Waals surface area contributed by atoms with Crippen molar-refractivity contribution in [3.8, 4) is 0 Å². The number of ketones is 1. The summed E-state index contributed by atoms with van der Waals surface area (Å²) in [6, 6.07) is 7.86. The number of hydrogen-bond donors (Lipinski definition) is 2. The molecule has 2 heterocycles. The van der Waals surface area contributed by atoms with Gasteiger partial charge in [-0.15, -0.1) is 0 Å². The summed E-state index contributed by atoms with van der Waals surface area (Å²) in [5, 5.41) is 3.88. The highest BCUT2D eigenvalue weighted by Gasteiger charge is 2.28. The molecule has 122 valence electrons. The average Bonchev–Trinajstić information content (AvgIpc) is 3.03. The molecule has 5 heteroatoms. The monoisotopic (exact) mass is 313 g/mol. The molecular formula is C18H23N3O2. The molecule has 0 radical (unpaired) electrons. The number of carbonyl (C=O) groups excluding carboxylic acids is 2. The van der Waals surface area contributed by atoms with Gasteiger partial charge in [0.15, 0.2) is 5.78 Å². The van der Waals surface area contributed by atoms with Crippen molar-refractivity contribution in [2.45, 2.75) is 26.2 Å². The number of aromatic nitrogens is 1. The van der Waals surface area contributed by atoms with Crippen LogP contribution in [0.25, 0.3) is 10.9 Å². The third-order valence-electron chi connectivity index (χ3n) is 4.53. The van der Waals surface area contributed by atoms with Gasteiger partial charge in [0.05, 0.1) is 0 Å². The van der Waals surface area contributed by atoms with Crippen LogP contribution in [-0.2, 0) is 0 Å². The molecule has 3 rings (SSSR count). The number of piperidine rings is 1. The topological polar surface area (TPSA) is 65.2 Å². The van der Waals surface area contributed by atoms with Crippen molar-refractivity contribution in [1.29, 1.82) is 0 Å². The van der Waals surface area contributed by atoms with Crippen LogP contribution in [0, 0.1) is 5.92 Å². The molecule has 2 amide bonds. The number of nitrogens with zero attached hydrogens (tertiary/aromatic N) is 1. The molecule has 1 aromatic heterocycles. The predicted molar refractivity (Wildman–Crippen MR) is 90.6 cm³/mol. The molecule has 0 spiro atoms. The van der Waals surface area contributed by atoms with Crippen LogP contribution < -0.4 is 5.32 Å². The summed E-state index contributed by atoms with van der Waals surface area (Å²) in [6.07, 6.45) is 4.21. The molecule has 2 N–H and O–H groups in total. The van der Waals surface area contributed by atoms with Gasteiger partial charge in [-0.25, -0.2) is 4.79 Å². The summed E-state index contributed by atoms with van der Waals surface area (Å²) < 4.78 is 0. The summed E-state index contributed by atoms with van der Waals surface area (Å²) in [4.78, 5) is 29.7. The fourth-order valence-electron chi connectivity index (χ4n) is 3.18. The van der Waals surface area contributed by atoms with Crippen LogP contribution in [-0.4, -0.2) is 41.3 Å². The van der Waals surface area contributed by atoms with E-state index in [0.717, 1.165) is 35.7 Å². The average molecular weight is 313 g/mol. The first kappa shape index (κ1) is 15.6. The van der Waals surface area contributed by atoms with Crippen LogP contribution in [0.4, 0.5) is 4.79 Å². The summed E-state index contributed by atoms with van der Waals surface area (Å²) in [5.74, 6) is 0.195. The van der Waals surface area contributed by atoms with E-state index in [9.17, 15) is 9.59 Å². The smallest absolute Gasteiger partial charge is 0.317 e. The van der Waals surface area contributed by atoms with Crippen LogP contribution in [0.5, 0.6) is 0 Å². The lowest BCUT2D eigenvalue weighted by molar-refractivity contribution is 0.0856. The number of urea groups is 1. The van der Waals surface area contributed by atoms with Crippen LogP contribution in [0.3, 0.4) is 0 Å². The molecule has 1 aromatic carbocycles. The lowest BCUT2D eigenvalue weighted by Gasteiger charge is -2.31. The zero-order chi connectivity index (χ0) is 16.2. The first-order chi connectivity index (χ1) is 11.2. The van der Waals surface area contributed by atoms with E-state index >= 15 is 0 Å². The number of para-hydroxylation sites is 1. The highest BCUT2D eigenvalue weighted by molar-refractivity contribution is 6.08. The maximum absolute atomic E-state index is 12.8. The Kier molecular flexibility index (Phi) is 4.65. The van der Waals surface area contributed by atoms with E-state index in [1.165, 1.54) is 0 Å². The zero-order valence-electron chi connectivity index (χ0n) is 13.5. The minimum atomic E-state index is -0.00940. The van der Waals surface area contributed by atoms with Crippen molar-refractivity contribution >= 4 is 22.7 Å². The van der Waals surface area contributed by atoms with Gasteiger partial charge in [0, 0.05) is 48.2 Å². The number of carbonyl (C=O) groups is 2. The standard InChI is InChI=1S/C18H23N3O2/c1-2-9-19-18(23)21-10-7-13(8-11-21)17(22)15-12-20-16-6-4-3-5-14(15)16/h3-6,12-13,20H,2,7-11H2,1H3,(H,19,23). The maximum Gasteiger partial charge on any atom is 0.317 e. The Bertz CT molecular complexity index is 699. The number of fused-ring (bicyclic) bond motifs is 1. The van der Waals surface area contributed by atoms with Crippen molar-refractivity contribution < 1.29 is 9.59 Å². The van der Waals surface area contributed by atoms with E-state index in [1.807, 2.05) is 42.3 Å². The van der Waals surface area contributed by atoms with E-state index < -0.39 is 0 Å². The molecule has 0 atom stereocenters. The van der Waals surface area contributed by atoms with Gasteiger partial charge in [0.25, 0.3) is 0 Å². The fraction of sp³-hybridized carbons (Fsp3) is 0.444. The largest absolute Gasteiger partial charge is 0.360 e. The quantitative estimate of drug-likeness (QED) is 0.851. The van der Waals surface area contributed by atoms with Crippen LogP contribution in [0.1, 0.15) is 36.5 Å². The van der Waals surface area contributed by atoms with Gasteiger partial charge in [-0.3, -0.25) is 4.79 Å². The Morgan fingerprint density at radius 1 is 1.26 bits per heavy atom. The Labute approximate surface area is 136 Å². The summed E-state index contributed by atoms with van der Waals surface area (Å²) in [7, 11) is 0. The number of likely N-dealkylation sites (tertiary alicyclic amines) is 1. The number of hydrogen-bond acceptors (Lipinski definition) is 2. The molecule has 5 nitrogen and oxygen atoms in total. The van der Waals surface area contributed by atoms with Gasteiger partial charge < -0.3 is 15.2 Å². The van der Waals surface area contributed by atoms with Crippen LogP contribution in [0.2, 0.25) is 0 Å². The third kappa shape index (κ3) is 3.23. The van der Waals surface area contributed by atoms with Gasteiger partial charge >= 0.3 is 6.03 Å². The Morgan fingerprint density at radius 3 is 2.74 bits per heavy atom. The fourth-order valence-corrected chi connectivity index (χ4v) is 3.18. The highest BCUT2D eigenvalue weighted by atomic mass is 16.2. The Morgan fingerprint density at radius 2 is 2.00 bits per heavy atom. The first-order valence-corrected chi connectivity index (χ1v) is 8.33. The van der Waals surface area contributed by atoms with Gasteiger partial charge in [0.2, 0.25) is 0 Å². The number of benzene rings is 1. The molecule has 1 aliphatic rings. The molecule has 1 saturated heterocycles. The van der Waals surface area contributed by atoms with Crippen molar-refractivity contribution in [1.82, 2.24) is 15.2 Å². The van der Waals surface area contributed by atoms with Gasteiger partial charge in [-0.05, 0) is 25.3 Å². The van der Waals surface area contributed by atoms with Crippen molar-refractivity contribution in [2.75, 3.05) is 19.6 Å². The Hall–Kier alpha value is -2.30. The number of amides is 2. The normalized spacial score (nSPS) is 15.8. The van der Waals surface area contributed by atoms with Gasteiger partial charge in [-0.1, -0.05) is 25.1 Å². The minimum absolute atomic E-state index is 0.00410. The van der Waals surface area contributed by atoms with E-state index in [-0.39, 0.29) is 17.7 Å². The molecule has 0 saturated carbocycles. The molecule has 0 unspecified atom stereocenters. The maximum atomic E-state index is 12.8. The number of H-pyrrole nitrogens is 1. The summed E-state index contributed by atoms with van der Waals surface area (Å²) in [6.45, 7) is 4.03. The summed E-state index contributed by atoms with van der Waals surface area (Å²) >= 11 is 0. The number of Topliss-reactive ketones (excluding diaryl/α,β-unsaturated/α-hetero) is 1. The van der Waals surface area contributed by atoms with Gasteiger partial charge in [0.1, 0.15) is 0 Å². The zero-order valence-corrected chi connectivity index (χ0v) is 13.5. The lowest BCUT2D eigenvalue weighted by atomic mass is 9.89. The van der Waals surface area contributed by atoms with Crippen molar-refractivity contribution in [3.63, 3.8) is 0 Å². The van der Waals surface area contributed by atoms with Crippen molar-refractivity contribution in [2.24, 2.45) is 5.92 Å². The molecule has 0 aliphatic carbocycles.